The van der Waals surface area contributed by atoms with Crippen LogP contribution in [0.25, 0.3) is 0 Å². The summed E-state index contributed by atoms with van der Waals surface area (Å²) in [5.41, 5.74) is -0.00457. The molecule has 3 rings (SSSR count). The van der Waals surface area contributed by atoms with E-state index in [1.807, 2.05) is 0 Å². The topological polar surface area (TPSA) is 154 Å². The SMILES string of the molecule is CCC1(C)NC(=O)N(NC(=O)COC(=O)CN2C(=O)NC3(CCCCC3)C2=O)C1=O. The molecular weight excluding hydrogens is 398 g/mol. The third kappa shape index (κ3) is 3.81. The summed E-state index contributed by atoms with van der Waals surface area (Å²) in [5, 5.41) is 5.67. The summed E-state index contributed by atoms with van der Waals surface area (Å²) in [7, 11) is 0. The van der Waals surface area contributed by atoms with Crippen LogP contribution in [0.15, 0.2) is 0 Å². The molecule has 1 spiro atoms. The first kappa shape index (κ1) is 21.5. The number of nitrogens with zero attached hydrogens (tertiary/aromatic N) is 2. The van der Waals surface area contributed by atoms with Crippen molar-refractivity contribution in [1.82, 2.24) is 26.0 Å². The summed E-state index contributed by atoms with van der Waals surface area (Å²) >= 11 is 0. The van der Waals surface area contributed by atoms with Crippen LogP contribution in [-0.2, 0) is 23.9 Å². The van der Waals surface area contributed by atoms with Crippen LogP contribution in [0.4, 0.5) is 9.59 Å². The van der Waals surface area contributed by atoms with Gasteiger partial charge in [0.15, 0.2) is 6.61 Å². The van der Waals surface area contributed by atoms with Crippen LogP contribution in [0.2, 0.25) is 0 Å². The van der Waals surface area contributed by atoms with Gasteiger partial charge in [-0.1, -0.05) is 26.2 Å². The van der Waals surface area contributed by atoms with E-state index in [-0.39, 0.29) is 0 Å². The van der Waals surface area contributed by atoms with E-state index in [1.54, 1.807) is 6.92 Å². The van der Waals surface area contributed by atoms with Crippen molar-refractivity contribution in [1.29, 1.82) is 0 Å². The number of ether oxygens (including phenoxy) is 1. The van der Waals surface area contributed by atoms with E-state index in [4.69, 9.17) is 4.74 Å². The normalized spacial score (nSPS) is 25.4. The van der Waals surface area contributed by atoms with Crippen LogP contribution < -0.4 is 16.1 Å². The largest absolute Gasteiger partial charge is 0.454 e. The highest BCUT2D eigenvalue weighted by atomic mass is 16.5. The molecule has 0 aromatic carbocycles. The monoisotopic (exact) mass is 423 g/mol. The van der Waals surface area contributed by atoms with E-state index in [1.165, 1.54) is 6.92 Å². The van der Waals surface area contributed by atoms with Gasteiger partial charge in [0.05, 0.1) is 0 Å². The Morgan fingerprint density at radius 2 is 1.70 bits per heavy atom. The number of nitrogens with one attached hydrogen (secondary N) is 3. The fraction of sp³-hybridized carbons (Fsp3) is 0.667. The number of hydrogen-bond donors (Lipinski definition) is 3. The van der Waals surface area contributed by atoms with Gasteiger partial charge >= 0.3 is 18.0 Å². The van der Waals surface area contributed by atoms with E-state index in [0.29, 0.717) is 24.3 Å². The van der Waals surface area contributed by atoms with Crippen LogP contribution >= 0.6 is 0 Å². The van der Waals surface area contributed by atoms with Crippen molar-refractivity contribution in [3.63, 3.8) is 0 Å². The molecule has 1 aliphatic carbocycles. The first-order valence-electron chi connectivity index (χ1n) is 9.88. The molecule has 3 fully saturated rings. The molecule has 164 valence electrons. The third-order valence-electron chi connectivity index (χ3n) is 5.81. The maximum absolute atomic E-state index is 12.6. The molecule has 1 unspecified atom stereocenters. The standard InChI is InChI=1S/C18H25N5O7/c1-3-17(2)13(26)23(16(29)19-17)21-11(24)10-30-12(25)9-22-14(27)18(20-15(22)28)7-5-4-6-8-18/h3-10H2,1-2H3,(H,19,29)(H,20,28)(H,21,24). The Balaban J connectivity index is 1.49. The first-order valence-corrected chi connectivity index (χ1v) is 9.88. The Hall–Kier alpha value is -3.18. The number of hydrogen-bond acceptors (Lipinski definition) is 7. The first-order chi connectivity index (χ1) is 14.1. The average Bonchev–Trinajstić information content (AvgIpc) is 3.06. The number of urea groups is 2. The average molecular weight is 423 g/mol. The molecule has 12 heteroatoms. The second-order valence-electron chi connectivity index (χ2n) is 7.92. The van der Waals surface area contributed by atoms with E-state index in [2.05, 4.69) is 16.1 Å². The maximum Gasteiger partial charge on any atom is 0.344 e. The minimum absolute atomic E-state index is 0.326. The molecule has 0 aromatic rings. The van der Waals surface area contributed by atoms with Crippen molar-refractivity contribution in [3.8, 4) is 0 Å². The van der Waals surface area contributed by atoms with Crippen LogP contribution in [0.1, 0.15) is 52.4 Å². The number of rotatable bonds is 6. The number of esters is 1. The number of carbonyl (C=O) groups excluding carboxylic acids is 6. The van der Waals surface area contributed by atoms with Gasteiger partial charge in [-0.2, -0.15) is 5.01 Å². The molecule has 2 saturated heterocycles. The Kier molecular flexibility index (Phi) is 5.68. The Bertz CT molecular complexity index is 807. The van der Waals surface area contributed by atoms with Crippen LogP contribution in [0, 0.1) is 0 Å². The number of amides is 7. The van der Waals surface area contributed by atoms with Crippen LogP contribution in [0.3, 0.4) is 0 Å². The highest BCUT2D eigenvalue weighted by Crippen LogP contribution is 2.33. The Morgan fingerprint density at radius 1 is 1.03 bits per heavy atom. The minimum atomic E-state index is -1.13. The fourth-order valence-electron chi connectivity index (χ4n) is 3.82. The molecular formula is C18H25N5O7. The molecule has 1 atom stereocenters. The van der Waals surface area contributed by atoms with Crippen molar-refractivity contribution in [3.05, 3.63) is 0 Å². The molecule has 12 nitrogen and oxygen atoms in total. The van der Waals surface area contributed by atoms with Gasteiger partial charge in [0.25, 0.3) is 17.7 Å². The number of carbonyl (C=O) groups is 6. The van der Waals surface area contributed by atoms with Gasteiger partial charge in [-0.15, -0.1) is 0 Å². The zero-order valence-corrected chi connectivity index (χ0v) is 16.9. The summed E-state index contributed by atoms with van der Waals surface area (Å²) in [6.45, 7) is 1.82. The molecule has 0 radical (unpaired) electrons. The van der Waals surface area contributed by atoms with Crippen molar-refractivity contribution in [2.45, 2.75) is 63.5 Å². The smallest absolute Gasteiger partial charge is 0.344 e. The molecule has 7 amide bonds. The van der Waals surface area contributed by atoms with Gasteiger partial charge in [-0.05, 0) is 26.2 Å². The van der Waals surface area contributed by atoms with Gasteiger partial charge in [-0.3, -0.25) is 29.5 Å². The van der Waals surface area contributed by atoms with E-state index in [0.717, 1.165) is 24.2 Å². The zero-order chi connectivity index (χ0) is 22.1. The second kappa shape index (κ2) is 7.92. The zero-order valence-electron chi connectivity index (χ0n) is 16.9. The van der Waals surface area contributed by atoms with E-state index in [9.17, 15) is 28.8 Å². The quantitative estimate of drug-likeness (QED) is 0.386. The molecule has 1 saturated carbocycles. The minimum Gasteiger partial charge on any atom is -0.454 e. The van der Waals surface area contributed by atoms with Crippen LogP contribution in [0.5, 0.6) is 0 Å². The van der Waals surface area contributed by atoms with Gasteiger partial charge in [0.2, 0.25) is 0 Å². The summed E-state index contributed by atoms with van der Waals surface area (Å²) < 4.78 is 4.80. The van der Waals surface area contributed by atoms with Crippen molar-refractivity contribution >= 4 is 35.8 Å². The van der Waals surface area contributed by atoms with Crippen molar-refractivity contribution < 1.29 is 33.5 Å². The molecule has 3 N–H and O–H groups in total. The Labute approximate surface area is 172 Å². The van der Waals surface area contributed by atoms with Gasteiger partial charge < -0.3 is 15.4 Å². The van der Waals surface area contributed by atoms with Crippen molar-refractivity contribution in [2.24, 2.45) is 0 Å². The fourth-order valence-corrected chi connectivity index (χ4v) is 3.82. The van der Waals surface area contributed by atoms with Crippen LogP contribution in [-0.4, -0.2) is 69.9 Å². The number of imide groups is 2. The number of hydrazine groups is 1. The maximum atomic E-state index is 12.6. The lowest BCUT2D eigenvalue weighted by Gasteiger charge is -2.30. The highest BCUT2D eigenvalue weighted by molar-refractivity contribution is 6.09. The lowest BCUT2D eigenvalue weighted by Crippen LogP contribution is -2.50. The second-order valence-corrected chi connectivity index (χ2v) is 7.92. The molecule has 3 aliphatic rings. The van der Waals surface area contributed by atoms with Gasteiger partial charge in [0, 0.05) is 0 Å². The van der Waals surface area contributed by atoms with E-state index < -0.39 is 60.0 Å². The molecule has 0 aromatic heterocycles. The lowest BCUT2D eigenvalue weighted by atomic mass is 9.82. The molecule has 2 aliphatic heterocycles. The molecule has 0 bridgehead atoms. The summed E-state index contributed by atoms with van der Waals surface area (Å²) in [6.07, 6.45) is 3.97. The van der Waals surface area contributed by atoms with Crippen molar-refractivity contribution in [2.75, 3.05) is 13.2 Å². The van der Waals surface area contributed by atoms with Gasteiger partial charge in [0.1, 0.15) is 17.6 Å². The summed E-state index contributed by atoms with van der Waals surface area (Å²) in [4.78, 5) is 73.7. The van der Waals surface area contributed by atoms with E-state index >= 15 is 0 Å². The lowest BCUT2D eigenvalue weighted by molar-refractivity contribution is -0.152. The summed E-state index contributed by atoms with van der Waals surface area (Å²) in [6, 6.07) is -1.46. The Morgan fingerprint density at radius 3 is 2.30 bits per heavy atom. The molecule has 30 heavy (non-hydrogen) atoms. The molecule has 2 heterocycles. The highest BCUT2D eigenvalue weighted by Gasteiger charge is 2.52. The summed E-state index contributed by atoms with van der Waals surface area (Å²) in [5.74, 6) is -2.97. The predicted molar refractivity (Wildman–Crippen MR) is 99.2 cm³/mol. The predicted octanol–water partition coefficient (Wildman–Crippen LogP) is -0.464. The van der Waals surface area contributed by atoms with Gasteiger partial charge in [-0.25, -0.2) is 9.59 Å². The third-order valence-corrected chi connectivity index (χ3v) is 5.81.